The third-order valence-electron chi connectivity index (χ3n) is 1.39. The number of aromatic nitrogens is 1. The topological polar surface area (TPSA) is 57.0 Å². The van der Waals surface area contributed by atoms with Crippen LogP contribution in [0.25, 0.3) is 5.70 Å². The van der Waals surface area contributed by atoms with Crippen LogP contribution in [0.5, 0.6) is 0 Å². The fourth-order valence-electron chi connectivity index (χ4n) is 0.786. The molecular weight excluding hydrogens is 126 g/mol. The molecule has 0 spiro atoms. The second kappa shape index (κ2) is 2.47. The van der Waals surface area contributed by atoms with E-state index in [4.69, 9.17) is 11.6 Å². The number of nitrogen functional groups attached to an aromatic ring is 1. The standard InChI is InChI=1S/C7H11N3/c1-2-6(8)7-4-3-5-10(7)9/h2-5H,8-9H2,1H3. The van der Waals surface area contributed by atoms with Crippen LogP contribution in [0.1, 0.15) is 12.6 Å². The third-order valence-corrected chi connectivity index (χ3v) is 1.39. The van der Waals surface area contributed by atoms with Crippen molar-refractivity contribution in [3.8, 4) is 0 Å². The second-order valence-electron chi connectivity index (χ2n) is 2.04. The highest BCUT2D eigenvalue weighted by atomic mass is 15.3. The highest BCUT2D eigenvalue weighted by molar-refractivity contribution is 5.59. The van der Waals surface area contributed by atoms with Crippen molar-refractivity contribution in [2.24, 2.45) is 5.73 Å². The number of hydrogen-bond donors (Lipinski definition) is 2. The average molecular weight is 137 g/mol. The first-order valence-corrected chi connectivity index (χ1v) is 3.10. The molecule has 0 amide bonds. The summed E-state index contributed by atoms with van der Waals surface area (Å²) in [6.07, 6.45) is 3.57. The first-order valence-electron chi connectivity index (χ1n) is 3.10. The van der Waals surface area contributed by atoms with Gasteiger partial charge in [-0.3, -0.25) is 4.68 Å². The molecule has 0 fully saturated rings. The first kappa shape index (κ1) is 6.74. The van der Waals surface area contributed by atoms with Gasteiger partial charge in [0.2, 0.25) is 0 Å². The molecule has 0 saturated heterocycles. The van der Waals surface area contributed by atoms with Crippen molar-refractivity contribution < 1.29 is 0 Å². The van der Waals surface area contributed by atoms with Crippen molar-refractivity contribution in [3.05, 3.63) is 30.1 Å². The van der Waals surface area contributed by atoms with Gasteiger partial charge in [-0.2, -0.15) is 0 Å². The minimum Gasteiger partial charge on any atom is -0.397 e. The molecule has 10 heavy (non-hydrogen) atoms. The Labute approximate surface area is 59.9 Å². The van der Waals surface area contributed by atoms with Crippen LogP contribution < -0.4 is 11.6 Å². The highest BCUT2D eigenvalue weighted by Crippen LogP contribution is 2.05. The Morgan fingerprint density at radius 1 is 1.70 bits per heavy atom. The Morgan fingerprint density at radius 3 is 2.80 bits per heavy atom. The van der Waals surface area contributed by atoms with Gasteiger partial charge in [0.25, 0.3) is 0 Å². The maximum Gasteiger partial charge on any atom is 0.0843 e. The molecule has 0 saturated carbocycles. The molecule has 0 aliphatic carbocycles. The van der Waals surface area contributed by atoms with Crippen molar-refractivity contribution in [3.63, 3.8) is 0 Å². The molecule has 54 valence electrons. The highest BCUT2D eigenvalue weighted by Gasteiger charge is 1.97. The van der Waals surface area contributed by atoms with E-state index in [1.165, 1.54) is 4.68 Å². The van der Waals surface area contributed by atoms with Gasteiger partial charge < -0.3 is 11.6 Å². The molecule has 0 bridgehead atoms. The number of rotatable bonds is 1. The molecule has 3 nitrogen and oxygen atoms in total. The van der Waals surface area contributed by atoms with E-state index in [9.17, 15) is 0 Å². The van der Waals surface area contributed by atoms with E-state index in [1.807, 2.05) is 25.1 Å². The zero-order valence-electron chi connectivity index (χ0n) is 5.91. The van der Waals surface area contributed by atoms with Gasteiger partial charge in [0.15, 0.2) is 0 Å². The second-order valence-corrected chi connectivity index (χ2v) is 2.04. The molecular formula is C7H11N3. The lowest BCUT2D eigenvalue weighted by molar-refractivity contribution is 0.991. The summed E-state index contributed by atoms with van der Waals surface area (Å²) in [5.74, 6) is 5.51. The maximum atomic E-state index is 5.60. The van der Waals surface area contributed by atoms with Gasteiger partial charge in [-0.15, -0.1) is 0 Å². The van der Waals surface area contributed by atoms with E-state index in [-0.39, 0.29) is 0 Å². The summed E-state index contributed by atoms with van der Waals surface area (Å²) >= 11 is 0. The minimum absolute atomic E-state index is 0.701. The van der Waals surface area contributed by atoms with Crippen LogP contribution >= 0.6 is 0 Å². The molecule has 1 rings (SSSR count). The Balaban J connectivity index is 3.05. The van der Waals surface area contributed by atoms with Crippen LogP contribution in [0, 0.1) is 0 Å². The van der Waals surface area contributed by atoms with Crippen LogP contribution in [-0.2, 0) is 0 Å². The van der Waals surface area contributed by atoms with Crippen molar-refractivity contribution in [2.75, 3.05) is 5.84 Å². The first-order chi connectivity index (χ1) is 4.75. The van der Waals surface area contributed by atoms with Gasteiger partial charge >= 0.3 is 0 Å². The summed E-state index contributed by atoms with van der Waals surface area (Å²) in [7, 11) is 0. The predicted molar refractivity (Wildman–Crippen MR) is 42.4 cm³/mol. The third kappa shape index (κ3) is 0.978. The predicted octanol–water partition coefficient (Wildman–Crippen LogP) is 0.521. The summed E-state index contributed by atoms with van der Waals surface area (Å²) in [5, 5.41) is 0. The van der Waals surface area contributed by atoms with Crippen LogP contribution in [-0.4, -0.2) is 4.68 Å². The van der Waals surface area contributed by atoms with Gasteiger partial charge in [0, 0.05) is 6.20 Å². The lowest BCUT2D eigenvalue weighted by Crippen LogP contribution is -2.12. The summed E-state index contributed by atoms with van der Waals surface area (Å²) in [5.41, 5.74) is 7.15. The summed E-state index contributed by atoms with van der Waals surface area (Å²) in [4.78, 5) is 0. The number of hydrogen-bond acceptors (Lipinski definition) is 2. The quantitative estimate of drug-likeness (QED) is 0.554. The largest absolute Gasteiger partial charge is 0.397 e. The van der Waals surface area contributed by atoms with Gasteiger partial charge in [-0.1, -0.05) is 6.08 Å². The monoisotopic (exact) mass is 137 g/mol. The average Bonchev–Trinajstić information content (AvgIpc) is 2.34. The van der Waals surface area contributed by atoms with Crippen LogP contribution in [0.15, 0.2) is 24.4 Å². The number of nitrogens with zero attached hydrogens (tertiary/aromatic N) is 1. The summed E-state index contributed by atoms with van der Waals surface area (Å²) in [6.45, 7) is 1.88. The fourth-order valence-corrected chi connectivity index (χ4v) is 0.786. The molecule has 0 aliphatic heterocycles. The maximum absolute atomic E-state index is 5.60. The molecule has 0 atom stereocenters. The van der Waals surface area contributed by atoms with Gasteiger partial charge in [-0.05, 0) is 19.1 Å². The van der Waals surface area contributed by atoms with Gasteiger partial charge in [0.1, 0.15) is 0 Å². The van der Waals surface area contributed by atoms with E-state index < -0.39 is 0 Å². The van der Waals surface area contributed by atoms with E-state index in [0.717, 1.165) is 5.69 Å². The molecule has 1 aromatic heterocycles. The van der Waals surface area contributed by atoms with E-state index in [1.54, 1.807) is 6.20 Å². The van der Waals surface area contributed by atoms with Crippen molar-refractivity contribution >= 4 is 5.70 Å². The van der Waals surface area contributed by atoms with E-state index in [0.29, 0.717) is 5.70 Å². The smallest absolute Gasteiger partial charge is 0.0843 e. The molecule has 0 unspecified atom stereocenters. The summed E-state index contributed by atoms with van der Waals surface area (Å²) < 4.78 is 1.50. The van der Waals surface area contributed by atoms with Crippen molar-refractivity contribution in [1.82, 2.24) is 4.68 Å². The zero-order chi connectivity index (χ0) is 7.56. The SMILES string of the molecule is CC=C(N)c1cccn1N. The number of allylic oxidation sites excluding steroid dienone is 1. The van der Waals surface area contributed by atoms with E-state index >= 15 is 0 Å². The molecule has 0 aliphatic rings. The normalized spacial score (nSPS) is 11.9. The van der Waals surface area contributed by atoms with Gasteiger partial charge in [-0.25, -0.2) is 0 Å². The minimum atomic E-state index is 0.701. The lowest BCUT2D eigenvalue weighted by Gasteiger charge is -2.00. The molecule has 1 aromatic rings. The molecule has 1 heterocycles. The molecule has 0 aromatic carbocycles. The molecule has 4 N–H and O–H groups in total. The number of nitrogens with two attached hydrogens (primary N) is 2. The van der Waals surface area contributed by atoms with Crippen molar-refractivity contribution in [1.29, 1.82) is 0 Å². The Kier molecular flexibility index (Phi) is 1.67. The summed E-state index contributed by atoms with van der Waals surface area (Å²) in [6, 6.07) is 3.72. The molecule has 3 heteroatoms. The lowest BCUT2D eigenvalue weighted by atomic mass is 10.3. The van der Waals surface area contributed by atoms with Gasteiger partial charge in [0.05, 0.1) is 11.4 Å². The Hall–Kier alpha value is -1.38. The van der Waals surface area contributed by atoms with Crippen molar-refractivity contribution in [2.45, 2.75) is 6.92 Å². The molecule has 0 radical (unpaired) electrons. The van der Waals surface area contributed by atoms with Crippen LogP contribution in [0.4, 0.5) is 0 Å². The van der Waals surface area contributed by atoms with Crippen LogP contribution in [0.3, 0.4) is 0 Å². The Morgan fingerprint density at radius 2 is 2.40 bits per heavy atom. The van der Waals surface area contributed by atoms with E-state index in [2.05, 4.69) is 0 Å². The zero-order valence-corrected chi connectivity index (χ0v) is 5.91. The van der Waals surface area contributed by atoms with Crippen LogP contribution in [0.2, 0.25) is 0 Å². The Bertz CT molecular complexity index is 247. The fraction of sp³-hybridized carbons (Fsp3) is 0.143.